The highest BCUT2D eigenvalue weighted by Gasteiger charge is 2.06. The van der Waals surface area contributed by atoms with Gasteiger partial charge in [-0.3, -0.25) is 0 Å². The molecule has 0 radical (unpaired) electrons. The molecule has 0 amide bonds. The van der Waals surface area contributed by atoms with E-state index in [1.807, 2.05) is 12.1 Å². The van der Waals surface area contributed by atoms with Gasteiger partial charge in [-0.25, -0.2) is 0 Å². The van der Waals surface area contributed by atoms with Crippen LogP contribution in [0.5, 0.6) is 0 Å². The molecule has 1 aromatic rings. The van der Waals surface area contributed by atoms with Gasteiger partial charge in [-0.2, -0.15) is 0 Å². The summed E-state index contributed by atoms with van der Waals surface area (Å²) in [5, 5.41) is 8.87. The molecule has 0 aliphatic carbocycles. The summed E-state index contributed by atoms with van der Waals surface area (Å²) in [6, 6.07) is 8.33. The number of rotatable bonds is 5. The maximum absolute atomic E-state index is 8.87. The summed E-state index contributed by atoms with van der Waals surface area (Å²) in [5.41, 5.74) is 1.34. The summed E-state index contributed by atoms with van der Waals surface area (Å²) in [4.78, 5) is 0. The Bertz CT molecular complexity index is 296. The van der Waals surface area contributed by atoms with Crippen molar-refractivity contribution in [2.75, 3.05) is 6.61 Å². The van der Waals surface area contributed by atoms with Gasteiger partial charge in [0.15, 0.2) is 0 Å². The molecule has 1 atom stereocenters. The van der Waals surface area contributed by atoms with E-state index >= 15 is 0 Å². The summed E-state index contributed by atoms with van der Waals surface area (Å²) in [5.74, 6) is 0.385. The van der Waals surface area contributed by atoms with Crippen LogP contribution in [-0.4, -0.2) is 11.7 Å². The van der Waals surface area contributed by atoms with Crippen LogP contribution in [0.1, 0.15) is 12.0 Å². The van der Waals surface area contributed by atoms with Crippen LogP contribution in [0.2, 0.25) is 0 Å². The molecule has 0 aromatic heterocycles. The quantitative estimate of drug-likeness (QED) is 0.655. The maximum atomic E-state index is 8.87. The van der Waals surface area contributed by atoms with E-state index < -0.39 is 0 Å². The number of halogens is 1. The van der Waals surface area contributed by atoms with Crippen LogP contribution < -0.4 is 0 Å². The third-order valence-electron chi connectivity index (χ3n) is 2.27. The van der Waals surface area contributed by atoms with Crippen molar-refractivity contribution in [3.05, 3.63) is 46.1 Å². The molecule has 14 heavy (non-hydrogen) atoms. The molecule has 0 saturated heterocycles. The van der Waals surface area contributed by atoms with E-state index in [0.717, 1.165) is 12.8 Å². The lowest BCUT2D eigenvalue weighted by Gasteiger charge is -2.11. The Morgan fingerprint density at radius 2 is 2.14 bits per heavy atom. The first-order valence-corrected chi connectivity index (χ1v) is 5.82. The van der Waals surface area contributed by atoms with Crippen molar-refractivity contribution in [2.24, 2.45) is 5.92 Å². The van der Waals surface area contributed by atoms with Gasteiger partial charge in [0.05, 0.1) is 0 Å². The second kappa shape index (κ2) is 6.19. The molecular formula is C12H15IO. The molecule has 0 aliphatic heterocycles. The van der Waals surface area contributed by atoms with E-state index in [-0.39, 0.29) is 6.61 Å². The first-order chi connectivity index (χ1) is 6.77. The molecule has 0 spiro atoms. The predicted molar refractivity (Wildman–Crippen MR) is 68.3 cm³/mol. The Balaban J connectivity index is 2.66. The smallest absolute Gasteiger partial charge is 0.0436 e. The van der Waals surface area contributed by atoms with Gasteiger partial charge in [0, 0.05) is 10.2 Å². The fraction of sp³-hybridized carbons (Fsp3) is 0.333. The fourth-order valence-corrected chi connectivity index (χ4v) is 2.02. The zero-order valence-electron chi connectivity index (χ0n) is 8.12. The fourth-order valence-electron chi connectivity index (χ4n) is 1.42. The van der Waals surface area contributed by atoms with Crippen LogP contribution in [0.4, 0.5) is 0 Å². The van der Waals surface area contributed by atoms with Crippen LogP contribution in [0, 0.1) is 9.49 Å². The zero-order valence-corrected chi connectivity index (χ0v) is 10.3. The van der Waals surface area contributed by atoms with E-state index in [1.165, 1.54) is 9.13 Å². The van der Waals surface area contributed by atoms with Gasteiger partial charge in [0.1, 0.15) is 0 Å². The molecule has 1 aromatic carbocycles. The van der Waals surface area contributed by atoms with Gasteiger partial charge in [0.25, 0.3) is 0 Å². The summed E-state index contributed by atoms with van der Waals surface area (Å²) in [6.07, 6.45) is 3.71. The second-order valence-electron chi connectivity index (χ2n) is 3.30. The average molecular weight is 302 g/mol. The van der Waals surface area contributed by atoms with Crippen LogP contribution >= 0.6 is 22.6 Å². The van der Waals surface area contributed by atoms with Crippen molar-refractivity contribution in [1.29, 1.82) is 0 Å². The Labute approximate surface area is 99.0 Å². The summed E-state index contributed by atoms with van der Waals surface area (Å²) in [6.45, 7) is 4.03. The molecule has 0 saturated carbocycles. The molecule has 1 unspecified atom stereocenters. The SMILES string of the molecule is C=CC(CCO)Cc1ccccc1I. The molecule has 0 heterocycles. The first-order valence-electron chi connectivity index (χ1n) is 4.74. The Morgan fingerprint density at radius 3 is 2.71 bits per heavy atom. The van der Waals surface area contributed by atoms with E-state index in [1.54, 1.807) is 0 Å². The number of benzene rings is 1. The molecule has 1 N–H and O–H groups in total. The minimum atomic E-state index is 0.236. The normalized spacial score (nSPS) is 12.4. The van der Waals surface area contributed by atoms with Crippen molar-refractivity contribution in [3.63, 3.8) is 0 Å². The van der Waals surface area contributed by atoms with Crippen LogP contribution in [0.25, 0.3) is 0 Å². The summed E-state index contributed by atoms with van der Waals surface area (Å²) >= 11 is 2.34. The van der Waals surface area contributed by atoms with E-state index in [0.29, 0.717) is 5.92 Å². The lowest BCUT2D eigenvalue weighted by atomic mass is 9.97. The third kappa shape index (κ3) is 3.42. The Hall–Kier alpha value is -0.350. The lowest BCUT2D eigenvalue weighted by molar-refractivity contribution is 0.269. The molecular weight excluding hydrogens is 287 g/mol. The van der Waals surface area contributed by atoms with Crippen molar-refractivity contribution in [3.8, 4) is 0 Å². The number of hydrogen-bond donors (Lipinski definition) is 1. The minimum absolute atomic E-state index is 0.236. The van der Waals surface area contributed by atoms with Crippen LogP contribution in [0.3, 0.4) is 0 Å². The Kier molecular flexibility index (Phi) is 5.19. The number of allylic oxidation sites excluding steroid dienone is 1. The Morgan fingerprint density at radius 1 is 1.43 bits per heavy atom. The predicted octanol–water partition coefficient (Wildman–Crippen LogP) is 3.02. The van der Waals surface area contributed by atoms with Gasteiger partial charge in [-0.1, -0.05) is 24.3 Å². The largest absolute Gasteiger partial charge is 0.396 e. The zero-order chi connectivity index (χ0) is 10.4. The molecule has 0 fully saturated rings. The molecule has 0 aliphatic rings. The molecule has 1 nitrogen and oxygen atoms in total. The third-order valence-corrected chi connectivity index (χ3v) is 3.33. The second-order valence-corrected chi connectivity index (χ2v) is 4.47. The van der Waals surface area contributed by atoms with Crippen LogP contribution in [-0.2, 0) is 6.42 Å². The average Bonchev–Trinajstić information content (AvgIpc) is 2.20. The van der Waals surface area contributed by atoms with E-state index in [4.69, 9.17) is 5.11 Å². The van der Waals surface area contributed by atoms with Gasteiger partial charge in [-0.05, 0) is 53.0 Å². The van der Waals surface area contributed by atoms with Crippen LogP contribution in [0.15, 0.2) is 36.9 Å². The molecule has 1 rings (SSSR count). The van der Waals surface area contributed by atoms with Gasteiger partial charge >= 0.3 is 0 Å². The number of hydrogen-bond acceptors (Lipinski definition) is 1. The molecule has 2 heteroatoms. The molecule has 76 valence electrons. The van der Waals surface area contributed by atoms with Gasteiger partial charge in [-0.15, -0.1) is 6.58 Å². The highest BCUT2D eigenvalue weighted by molar-refractivity contribution is 14.1. The van der Waals surface area contributed by atoms with Gasteiger partial charge < -0.3 is 5.11 Å². The van der Waals surface area contributed by atoms with Crippen molar-refractivity contribution >= 4 is 22.6 Å². The van der Waals surface area contributed by atoms with E-state index in [9.17, 15) is 0 Å². The molecule has 0 bridgehead atoms. The highest BCUT2D eigenvalue weighted by atomic mass is 127. The van der Waals surface area contributed by atoms with Crippen molar-refractivity contribution < 1.29 is 5.11 Å². The summed E-state index contributed by atoms with van der Waals surface area (Å²) < 4.78 is 1.29. The maximum Gasteiger partial charge on any atom is 0.0436 e. The summed E-state index contributed by atoms with van der Waals surface area (Å²) in [7, 11) is 0. The van der Waals surface area contributed by atoms with E-state index in [2.05, 4.69) is 47.4 Å². The number of aliphatic hydroxyl groups is 1. The highest BCUT2D eigenvalue weighted by Crippen LogP contribution is 2.18. The topological polar surface area (TPSA) is 20.2 Å². The van der Waals surface area contributed by atoms with Crippen molar-refractivity contribution in [2.45, 2.75) is 12.8 Å². The first kappa shape index (κ1) is 11.7. The lowest BCUT2D eigenvalue weighted by Crippen LogP contribution is -2.04. The monoisotopic (exact) mass is 302 g/mol. The number of aliphatic hydroxyl groups excluding tert-OH is 1. The minimum Gasteiger partial charge on any atom is -0.396 e. The van der Waals surface area contributed by atoms with Gasteiger partial charge in [0.2, 0.25) is 0 Å². The standard InChI is InChI=1S/C12H15IO/c1-2-10(7-8-14)9-11-5-3-4-6-12(11)13/h2-6,10,14H,1,7-9H2. The van der Waals surface area contributed by atoms with Crippen molar-refractivity contribution in [1.82, 2.24) is 0 Å².